The van der Waals surface area contributed by atoms with Gasteiger partial charge in [-0.05, 0) is 136 Å². The standard InChI is InChI=1S/C61H37NO/c1-2-19-45-43(17-1)44-18-3-4-20-46(44)52-36-40(31-33-47(45)52)62(39-16-13-15-38(35-39)42-25-14-30-59-60(42)51-24-8-12-29-58(51)63-59)41-32-34-57-53(37-41)50-23-7-11-28-56(50)61(57)54-26-9-5-21-48(54)49-22-6-10-27-55(49)61/h1-37H. The maximum Gasteiger partial charge on any atom is 0.136 e. The van der Waals surface area contributed by atoms with E-state index in [1.54, 1.807) is 0 Å². The van der Waals surface area contributed by atoms with Crippen molar-refractivity contribution in [1.29, 1.82) is 0 Å². The Morgan fingerprint density at radius 2 is 0.746 bits per heavy atom. The predicted octanol–water partition coefficient (Wildman–Crippen LogP) is 16.5. The number of fused-ring (bicyclic) bond motifs is 19. The fourth-order valence-electron chi connectivity index (χ4n) is 11.5. The van der Waals surface area contributed by atoms with Gasteiger partial charge in [-0.15, -0.1) is 0 Å². The van der Waals surface area contributed by atoms with Crippen molar-refractivity contribution in [2.45, 2.75) is 5.41 Å². The zero-order valence-electron chi connectivity index (χ0n) is 34.2. The first-order valence-electron chi connectivity index (χ1n) is 21.8. The van der Waals surface area contributed by atoms with Crippen LogP contribution in [0.5, 0.6) is 0 Å². The number of para-hydroxylation sites is 1. The highest BCUT2D eigenvalue weighted by atomic mass is 16.3. The SMILES string of the molecule is c1cc(-c2cccc3oc4ccccc4c23)cc(N(c2ccc3c(c2)-c2ccccc2C32c3ccccc3-c3ccccc32)c2ccc3c4ccccc4c4ccccc4c3c2)c1. The summed E-state index contributed by atoms with van der Waals surface area (Å²) in [5.74, 6) is 0. The summed E-state index contributed by atoms with van der Waals surface area (Å²) in [6.07, 6.45) is 0. The molecule has 0 aliphatic heterocycles. The second kappa shape index (κ2) is 12.9. The minimum absolute atomic E-state index is 0.405. The molecule has 63 heavy (non-hydrogen) atoms. The van der Waals surface area contributed by atoms with Gasteiger partial charge < -0.3 is 9.32 Å². The Balaban J connectivity index is 1.03. The molecule has 1 heterocycles. The molecule has 0 saturated carbocycles. The van der Waals surface area contributed by atoms with Crippen LogP contribution in [-0.2, 0) is 5.41 Å². The number of hydrogen-bond donors (Lipinski definition) is 0. The minimum atomic E-state index is -0.405. The van der Waals surface area contributed by atoms with Gasteiger partial charge in [-0.25, -0.2) is 0 Å². The lowest BCUT2D eigenvalue weighted by Gasteiger charge is -2.31. The zero-order chi connectivity index (χ0) is 41.2. The Bertz CT molecular complexity index is 3810. The van der Waals surface area contributed by atoms with Crippen molar-refractivity contribution >= 4 is 71.3 Å². The molecule has 0 fully saturated rings. The van der Waals surface area contributed by atoms with E-state index in [0.717, 1.165) is 50.1 Å². The summed E-state index contributed by atoms with van der Waals surface area (Å²) in [7, 11) is 0. The van der Waals surface area contributed by atoms with E-state index in [2.05, 4.69) is 223 Å². The monoisotopic (exact) mass is 799 g/mol. The van der Waals surface area contributed by atoms with Crippen molar-refractivity contribution in [2.24, 2.45) is 0 Å². The van der Waals surface area contributed by atoms with E-state index in [1.807, 2.05) is 6.07 Å². The molecule has 0 N–H and O–H groups in total. The van der Waals surface area contributed by atoms with Crippen LogP contribution in [0.2, 0.25) is 0 Å². The lowest BCUT2D eigenvalue weighted by atomic mass is 9.70. The highest BCUT2D eigenvalue weighted by molar-refractivity contribution is 6.26. The van der Waals surface area contributed by atoms with E-state index in [-0.39, 0.29) is 0 Å². The molecule has 14 rings (SSSR count). The van der Waals surface area contributed by atoms with Crippen LogP contribution in [0.15, 0.2) is 229 Å². The molecule has 0 radical (unpaired) electrons. The molecule has 1 spiro atoms. The van der Waals surface area contributed by atoms with Crippen molar-refractivity contribution in [3.05, 3.63) is 247 Å². The third-order valence-corrected chi connectivity index (χ3v) is 14.0. The first-order valence-corrected chi connectivity index (χ1v) is 21.8. The normalized spacial score (nSPS) is 13.2. The first kappa shape index (κ1) is 34.5. The van der Waals surface area contributed by atoms with E-state index >= 15 is 0 Å². The fourth-order valence-corrected chi connectivity index (χ4v) is 11.5. The Morgan fingerprint density at radius 3 is 1.43 bits per heavy atom. The molecule has 2 aliphatic carbocycles. The first-order chi connectivity index (χ1) is 31.3. The maximum atomic E-state index is 6.38. The Morgan fingerprint density at radius 1 is 0.286 bits per heavy atom. The molecular weight excluding hydrogens is 763 g/mol. The van der Waals surface area contributed by atoms with Gasteiger partial charge in [-0.3, -0.25) is 0 Å². The molecule has 2 aliphatic rings. The lowest BCUT2D eigenvalue weighted by molar-refractivity contribution is 0.669. The molecule has 2 heteroatoms. The average molecular weight is 800 g/mol. The number of furan rings is 1. The summed E-state index contributed by atoms with van der Waals surface area (Å²) in [6.45, 7) is 0. The van der Waals surface area contributed by atoms with Crippen LogP contribution in [0.3, 0.4) is 0 Å². The molecule has 0 unspecified atom stereocenters. The third-order valence-electron chi connectivity index (χ3n) is 14.0. The summed E-state index contributed by atoms with van der Waals surface area (Å²) >= 11 is 0. The van der Waals surface area contributed by atoms with Crippen molar-refractivity contribution in [2.75, 3.05) is 4.90 Å². The highest BCUT2D eigenvalue weighted by Crippen LogP contribution is 2.63. The van der Waals surface area contributed by atoms with Crippen LogP contribution in [0.4, 0.5) is 17.1 Å². The highest BCUT2D eigenvalue weighted by Gasteiger charge is 2.51. The zero-order valence-corrected chi connectivity index (χ0v) is 34.2. The van der Waals surface area contributed by atoms with Gasteiger partial charge in [0.25, 0.3) is 0 Å². The topological polar surface area (TPSA) is 16.4 Å². The van der Waals surface area contributed by atoms with Gasteiger partial charge in [0.1, 0.15) is 11.2 Å². The fraction of sp³-hybridized carbons (Fsp3) is 0.0164. The van der Waals surface area contributed by atoms with Crippen LogP contribution < -0.4 is 4.90 Å². The van der Waals surface area contributed by atoms with E-state index in [1.165, 1.54) is 76.8 Å². The van der Waals surface area contributed by atoms with E-state index in [0.29, 0.717) is 0 Å². The number of benzene rings is 11. The second-order valence-corrected chi connectivity index (χ2v) is 17.1. The number of hydrogen-bond acceptors (Lipinski definition) is 2. The van der Waals surface area contributed by atoms with Gasteiger partial charge in [0.05, 0.1) is 5.41 Å². The van der Waals surface area contributed by atoms with Crippen molar-refractivity contribution in [1.82, 2.24) is 0 Å². The largest absolute Gasteiger partial charge is 0.456 e. The molecule has 0 atom stereocenters. The van der Waals surface area contributed by atoms with E-state index < -0.39 is 5.41 Å². The van der Waals surface area contributed by atoms with Gasteiger partial charge in [0, 0.05) is 27.8 Å². The van der Waals surface area contributed by atoms with Gasteiger partial charge in [0.15, 0.2) is 0 Å². The van der Waals surface area contributed by atoms with Crippen LogP contribution in [0.25, 0.3) is 87.6 Å². The number of anilines is 3. The van der Waals surface area contributed by atoms with Crippen LogP contribution in [-0.4, -0.2) is 0 Å². The summed E-state index contributed by atoms with van der Waals surface area (Å²) in [5, 5.41) is 9.82. The van der Waals surface area contributed by atoms with Crippen molar-refractivity contribution in [3.8, 4) is 33.4 Å². The molecule has 11 aromatic carbocycles. The maximum absolute atomic E-state index is 6.38. The molecule has 0 bridgehead atoms. The average Bonchev–Trinajstić information content (AvgIpc) is 3.98. The third kappa shape index (κ3) is 4.67. The molecule has 0 amide bonds. The van der Waals surface area contributed by atoms with Crippen molar-refractivity contribution < 1.29 is 4.42 Å². The molecule has 0 saturated heterocycles. The Kier molecular flexibility index (Phi) is 7.07. The quantitative estimate of drug-likeness (QED) is 0.165. The molecule has 292 valence electrons. The smallest absolute Gasteiger partial charge is 0.136 e. The summed E-state index contributed by atoms with van der Waals surface area (Å²) in [4.78, 5) is 2.46. The predicted molar refractivity (Wildman–Crippen MR) is 263 cm³/mol. The Hall–Kier alpha value is -8.20. The number of rotatable bonds is 4. The lowest BCUT2D eigenvalue weighted by Crippen LogP contribution is -2.25. The second-order valence-electron chi connectivity index (χ2n) is 17.1. The van der Waals surface area contributed by atoms with Gasteiger partial charge >= 0.3 is 0 Å². The van der Waals surface area contributed by atoms with Gasteiger partial charge in [-0.2, -0.15) is 0 Å². The molecular formula is C61H37NO. The van der Waals surface area contributed by atoms with Gasteiger partial charge in [0.2, 0.25) is 0 Å². The minimum Gasteiger partial charge on any atom is -0.456 e. The summed E-state index contributed by atoms with van der Waals surface area (Å²) in [6, 6.07) is 82.9. The van der Waals surface area contributed by atoms with Gasteiger partial charge in [-0.1, -0.05) is 176 Å². The van der Waals surface area contributed by atoms with Crippen LogP contribution in [0.1, 0.15) is 22.3 Å². The molecule has 12 aromatic rings. The summed E-state index contributed by atoms with van der Waals surface area (Å²) < 4.78 is 6.38. The molecule has 2 nitrogen and oxygen atoms in total. The van der Waals surface area contributed by atoms with E-state index in [9.17, 15) is 0 Å². The van der Waals surface area contributed by atoms with E-state index in [4.69, 9.17) is 4.42 Å². The number of nitrogens with zero attached hydrogens (tertiary/aromatic N) is 1. The summed E-state index contributed by atoms with van der Waals surface area (Å²) in [5.41, 5.74) is 17.5. The van der Waals surface area contributed by atoms with Crippen LogP contribution >= 0.6 is 0 Å². The van der Waals surface area contributed by atoms with Crippen molar-refractivity contribution in [3.63, 3.8) is 0 Å². The van der Waals surface area contributed by atoms with Crippen LogP contribution in [0, 0.1) is 0 Å². The molecule has 1 aromatic heterocycles. The Labute approximate surface area is 364 Å².